The Morgan fingerprint density at radius 2 is 1.65 bits per heavy atom. The van der Waals surface area contributed by atoms with E-state index < -0.39 is 15.8 Å². The summed E-state index contributed by atoms with van der Waals surface area (Å²) in [5.41, 5.74) is 0.451. The lowest BCUT2D eigenvalue weighted by atomic mass is 10.3. The second kappa shape index (κ2) is 7.67. The van der Waals surface area contributed by atoms with Crippen LogP contribution in [0.1, 0.15) is 6.42 Å². The minimum absolute atomic E-state index is 0.0346. The molecule has 122 valence electrons. The van der Waals surface area contributed by atoms with Gasteiger partial charge in [0.25, 0.3) is 0 Å². The van der Waals surface area contributed by atoms with Crippen molar-refractivity contribution >= 4 is 37.5 Å². The molecule has 2 aromatic rings. The van der Waals surface area contributed by atoms with E-state index in [-0.39, 0.29) is 23.8 Å². The number of amides is 1. The van der Waals surface area contributed by atoms with Gasteiger partial charge in [0.05, 0.1) is 4.90 Å². The molecule has 0 heterocycles. The molecule has 0 saturated heterocycles. The van der Waals surface area contributed by atoms with Crippen LogP contribution in [0.25, 0.3) is 0 Å². The number of halogens is 2. The van der Waals surface area contributed by atoms with Crippen LogP contribution in [0.15, 0.2) is 57.9 Å². The monoisotopic (exact) mass is 400 g/mol. The Morgan fingerprint density at radius 1 is 1.04 bits per heavy atom. The summed E-state index contributed by atoms with van der Waals surface area (Å²) in [6.45, 7) is -0.0363. The molecule has 2 rings (SSSR count). The molecule has 5 nitrogen and oxygen atoms in total. The van der Waals surface area contributed by atoms with Gasteiger partial charge in [-0.2, -0.15) is 0 Å². The van der Waals surface area contributed by atoms with Crippen LogP contribution in [0.4, 0.5) is 10.1 Å². The van der Waals surface area contributed by atoms with Gasteiger partial charge in [-0.3, -0.25) is 4.79 Å². The smallest absolute Gasteiger partial charge is 0.240 e. The van der Waals surface area contributed by atoms with Gasteiger partial charge in [-0.15, -0.1) is 0 Å². The van der Waals surface area contributed by atoms with Gasteiger partial charge in [0.2, 0.25) is 15.9 Å². The van der Waals surface area contributed by atoms with Gasteiger partial charge in [-0.05, 0) is 48.5 Å². The SMILES string of the molecule is O=C(CCNS(=O)(=O)c1ccc(Br)cc1)Nc1ccc(F)cc1. The van der Waals surface area contributed by atoms with E-state index in [2.05, 4.69) is 26.0 Å². The van der Waals surface area contributed by atoms with Gasteiger partial charge in [0.1, 0.15) is 5.82 Å². The molecule has 0 bridgehead atoms. The number of hydrogen-bond donors (Lipinski definition) is 2. The molecule has 0 saturated carbocycles. The van der Waals surface area contributed by atoms with Gasteiger partial charge in [-0.25, -0.2) is 17.5 Å². The fraction of sp³-hybridized carbons (Fsp3) is 0.133. The molecule has 0 aliphatic heterocycles. The number of carbonyl (C=O) groups excluding carboxylic acids is 1. The van der Waals surface area contributed by atoms with Crippen LogP contribution in [-0.4, -0.2) is 20.9 Å². The van der Waals surface area contributed by atoms with Crippen molar-refractivity contribution in [2.45, 2.75) is 11.3 Å². The summed E-state index contributed by atoms with van der Waals surface area (Å²) in [6.07, 6.45) is -0.0346. The number of benzene rings is 2. The second-order valence-electron chi connectivity index (χ2n) is 4.66. The highest BCUT2D eigenvalue weighted by Crippen LogP contribution is 2.14. The normalized spacial score (nSPS) is 11.2. The lowest BCUT2D eigenvalue weighted by Gasteiger charge is -2.08. The van der Waals surface area contributed by atoms with Crippen LogP contribution >= 0.6 is 15.9 Å². The minimum Gasteiger partial charge on any atom is -0.326 e. The van der Waals surface area contributed by atoms with Gasteiger partial charge in [-0.1, -0.05) is 15.9 Å². The zero-order valence-corrected chi connectivity index (χ0v) is 14.3. The highest BCUT2D eigenvalue weighted by Gasteiger charge is 2.14. The van der Waals surface area contributed by atoms with Crippen LogP contribution in [0.3, 0.4) is 0 Å². The molecular formula is C15H14BrFN2O3S. The van der Waals surface area contributed by atoms with Crippen LogP contribution < -0.4 is 10.0 Å². The third kappa shape index (κ3) is 5.42. The molecule has 0 aliphatic carbocycles. The van der Waals surface area contributed by atoms with E-state index in [1.807, 2.05) is 0 Å². The molecule has 0 atom stereocenters. The van der Waals surface area contributed by atoms with Gasteiger partial charge < -0.3 is 5.32 Å². The van der Waals surface area contributed by atoms with Gasteiger partial charge in [0.15, 0.2) is 0 Å². The fourth-order valence-corrected chi connectivity index (χ4v) is 3.05. The minimum atomic E-state index is -3.65. The first-order valence-electron chi connectivity index (χ1n) is 6.67. The summed E-state index contributed by atoms with van der Waals surface area (Å²) in [5.74, 6) is -0.764. The third-order valence-corrected chi connectivity index (χ3v) is 4.90. The molecule has 1 amide bonds. The lowest BCUT2D eigenvalue weighted by Crippen LogP contribution is -2.27. The predicted octanol–water partition coefficient (Wildman–Crippen LogP) is 2.90. The molecule has 8 heteroatoms. The largest absolute Gasteiger partial charge is 0.326 e. The quantitative estimate of drug-likeness (QED) is 0.782. The number of sulfonamides is 1. The molecule has 23 heavy (non-hydrogen) atoms. The Labute approximate surface area is 142 Å². The maximum absolute atomic E-state index is 12.8. The Balaban J connectivity index is 1.85. The van der Waals surface area contributed by atoms with Crippen LogP contribution in [0.5, 0.6) is 0 Å². The van der Waals surface area contributed by atoms with Crippen molar-refractivity contribution in [3.63, 3.8) is 0 Å². The van der Waals surface area contributed by atoms with E-state index in [0.717, 1.165) is 4.47 Å². The van der Waals surface area contributed by atoms with Crippen LogP contribution in [0.2, 0.25) is 0 Å². The van der Waals surface area contributed by atoms with Crippen molar-refractivity contribution in [2.75, 3.05) is 11.9 Å². The molecule has 2 aromatic carbocycles. The molecule has 2 N–H and O–H groups in total. The standard InChI is InChI=1S/C15H14BrFN2O3S/c16-11-1-7-14(8-2-11)23(21,22)18-10-9-15(20)19-13-5-3-12(17)4-6-13/h1-8,18H,9-10H2,(H,19,20). The Kier molecular flexibility index (Phi) is 5.86. The molecule has 0 unspecified atom stereocenters. The van der Waals surface area contributed by atoms with E-state index in [4.69, 9.17) is 0 Å². The van der Waals surface area contributed by atoms with Crippen molar-refractivity contribution in [1.82, 2.24) is 4.72 Å². The summed E-state index contributed by atoms with van der Waals surface area (Å²) in [6, 6.07) is 11.5. The van der Waals surface area contributed by atoms with Crippen molar-refractivity contribution in [1.29, 1.82) is 0 Å². The second-order valence-corrected chi connectivity index (χ2v) is 7.34. The first kappa shape index (κ1) is 17.6. The van der Waals surface area contributed by atoms with E-state index >= 15 is 0 Å². The molecule has 0 aromatic heterocycles. The van der Waals surface area contributed by atoms with Crippen molar-refractivity contribution in [3.05, 3.63) is 58.8 Å². The fourth-order valence-electron chi connectivity index (χ4n) is 1.75. The maximum Gasteiger partial charge on any atom is 0.240 e. The molecule has 0 radical (unpaired) electrons. The molecule has 0 aliphatic rings. The number of hydrogen-bond acceptors (Lipinski definition) is 3. The topological polar surface area (TPSA) is 75.3 Å². The number of anilines is 1. The average Bonchev–Trinajstić information content (AvgIpc) is 2.50. The maximum atomic E-state index is 12.8. The van der Waals surface area contributed by atoms with Crippen LogP contribution in [0, 0.1) is 5.82 Å². The first-order chi connectivity index (χ1) is 10.9. The summed E-state index contributed by atoms with van der Waals surface area (Å²) < 4.78 is 39.9. The van der Waals surface area contributed by atoms with Crippen molar-refractivity contribution < 1.29 is 17.6 Å². The number of rotatable bonds is 6. The number of carbonyl (C=O) groups is 1. The van der Waals surface area contributed by atoms with Crippen molar-refractivity contribution in [3.8, 4) is 0 Å². The Bertz CT molecular complexity index is 777. The predicted molar refractivity (Wildman–Crippen MR) is 89.0 cm³/mol. The van der Waals surface area contributed by atoms with E-state index in [9.17, 15) is 17.6 Å². The van der Waals surface area contributed by atoms with E-state index in [1.165, 1.54) is 36.4 Å². The third-order valence-electron chi connectivity index (χ3n) is 2.90. The average molecular weight is 401 g/mol. The molecule has 0 fully saturated rings. The zero-order valence-electron chi connectivity index (χ0n) is 11.9. The Hall–Kier alpha value is -1.77. The van der Waals surface area contributed by atoms with Crippen molar-refractivity contribution in [2.24, 2.45) is 0 Å². The summed E-state index contributed by atoms with van der Waals surface area (Å²) in [4.78, 5) is 11.8. The molecular weight excluding hydrogens is 387 g/mol. The molecule has 0 spiro atoms. The summed E-state index contributed by atoms with van der Waals surface area (Å²) in [5, 5.41) is 2.56. The number of nitrogens with one attached hydrogen (secondary N) is 2. The Morgan fingerprint density at radius 3 is 2.26 bits per heavy atom. The van der Waals surface area contributed by atoms with Crippen LogP contribution in [-0.2, 0) is 14.8 Å². The summed E-state index contributed by atoms with van der Waals surface area (Å²) >= 11 is 3.23. The van der Waals surface area contributed by atoms with Gasteiger partial charge in [0, 0.05) is 23.1 Å². The highest BCUT2D eigenvalue weighted by atomic mass is 79.9. The zero-order chi connectivity index (χ0) is 16.9. The van der Waals surface area contributed by atoms with Gasteiger partial charge >= 0.3 is 0 Å². The first-order valence-corrected chi connectivity index (χ1v) is 8.95. The highest BCUT2D eigenvalue weighted by molar-refractivity contribution is 9.10. The summed E-state index contributed by atoms with van der Waals surface area (Å²) in [7, 11) is -3.65. The van der Waals surface area contributed by atoms with E-state index in [0.29, 0.717) is 5.69 Å². The van der Waals surface area contributed by atoms with E-state index in [1.54, 1.807) is 12.1 Å². The lowest BCUT2D eigenvalue weighted by molar-refractivity contribution is -0.116.